The Balaban J connectivity index is 2.03. The summed E-state index contributed by atoms with van der Waals surface area (Å²) in [4.78, 5) is 1.61. The van der Waals surface area contributed by atoms with Gasteiger partial charge < -0.3 is 5.32 Å². The van der Waals surface area contributed by atoms with Crippen LogP contribution < -0.4 is 5.32 Å². The van der Waals surface area contributed by atoms with Crippen LogP contribution in [-0.2, 0) is 6.54 Å². The van der Waals surface area contributed by atoms with Gasteiger partial charge in [0.1, 0.15) is 0 Å². The van der Waals surface area contributed by atoms with Gasteiger partial charge in [0, 0.05) is 11.4 Å². The molecule has 0 unspecified atom stereocenters. The van der Waals surface area contributed by atoms with Crippen LogP contribution in [0.5, 0.6) is 0 Å². The van der Waals surface area contributed by atoms with E-state index in [-0.39, 0.29) is 0 Å². The van der Waals surface area contributed by atoms with E-state index in [1.807, 2.05) is 18.4 Å². The zero-order chi connectivity index (χ0) is 9.10. The van der Waals surface area contributed by atoms with E-state index in [4.69, 9.17) is 0 Å². The van der Waals surface area contributed by atoms with Gasteiger partial charge in [0.25, 0.3) is 0 Å². The van der Waals surface area contributed by atoms with Crippen LogP contribution in [-0.4, -0.2) is 7.05 Å². The summed E-state index contributed by atoms with van der Waals surface area (Å²) in [5.74, 6) is 0.885. The van der Waals surface area contributed by atoms with Crippen molar-refractivity contribution in [2.45, 2.75) is 38.1 Å². The molecule has 1 saturated carbocycles. The van der Waals surface area contributed by atoms with Gasteiger partial charge in [-0.15, -0.1) is 11.3 Å². The van der Waals surface area contributed by atoms with E-state index >= 15 is 0 Å². The van der Waals surface area contributed by atoms with Gasteiger partial charge in [0.05, 0.1) is 0 Å². The summed E-state index contributed by atoms with van der Waals surface area (Å²) in [6.45, 7) is 1.02. The predicted molar refractivity (Wildman–Crippen MR) is 58.3 cm³/mol. The molecule has 0 amide bonds. The van der Waals surface area contributed by atoms with Gasteiger partial charge in [-0.1, -0.05) is 12.8 Å². The summed E-state index contributed by atoms with van der Waals surface area (Å²) in [7, 11) is 2.01. The predicted octanol–water partition coefficient (Wildman–Crippen LogP) is 3.13. The molecule has 1 aliphatic carbocycles. The molecule has 1 aromatic rings. The molecule has 0 spiro atoms. The fourth-order valence-corrected chi connectivity index (χ4v) is 3.20. The zero-order valence-corrected chi connectivity index (χ0v) is 8.99. The Kier molecular flexibility index (Phi) is 3.01. The third-order valence-corrected chi connectivity index (χ3v) is 3.96. The van der Waals surface area contributed by atoms with Crippen molar-refractivity contribution in [2.24, 2.45) is 0 Å². The van der Waals surface area contributed by atoms with Crippen LogP contribution in [0.2, 0.25) is 0 Å². The number of thiophene rings is 1. The molecule has 13 heavy (non-hydrogen) atoms. The Morgan fingerprint density at radius 3 is 2.92 bits per heavy atom. The molecule has 1 nitrogen and oxygen atoms in total. The normalized spacial score (nSPS) is 18.2. The second-order valence-corrected chi connectivity index (χ2v) is 4.81. The summed E-state index contributed by atoms with van der Waals surface area (Å²) >= 11 is 1.95. The summed E-state index contributed by atoms with van der Waals surface area (Å²) in [5.41, 5.74) is 1.45. The molecular formula is C11H17NS. The highest BCUT2D eigenvalue weighted by atomic mass is 32.1. The lowest BCUT2D eigenvalue weighted by Gasteiger charge is -2.03. The molecule has 1 N–H and O–H groups in total. The van der Waals surface area contributed by atoms with Gasteiger partial charge in [-0.05, 0) is 42.8 Å². The summed E-state index contributed by atoms with van der Waals surface area (Å²) in [6, 6.07) is 2.39. The van der Waals surface area contributed by atoms with Gasteiger partial charge >= 0.3 is 0 Å². The largest absolute Gasteiger partial charge is 0.316 e. The quantitative estimate of drug-likeness (QED) is 0.781. The lowest BCUT2D eigenvalue weighted by molar-refractivity contribution is 0.735. The van der Waals surface area contributed by atoms with Gasteiger partial charge in [-0.25, -0.2) is 0 Å². The first-order valence-electron chi connectivity index (χ1n) is 5.12. The fourth-order valence-electron chi connectivity index (χ4n) is 2.12. The van der Waals surface area contributed by atoms with Crippen LogP contribution in [0.15, 0.2) is 11.4 Å². The molecule has 1 heterocycles. The molecule has 0 atom stereocenters. The van der Waals surface area contributed by atoms with E-state index in [2.05, 4.69) is 16.8 Å². The van der Waals surface area contributed by atoms with Crippen molar-refractivity contribution in [2.75, 3.05) is 7.05 Å². The first-order valence-corrected chi connectivity index (χ1v) is 6.00. The number of hydrogen-bond acceptors (Lipinski definition) is 2. The third kappa shape index (κ3) is 2.12. The SMILES string of the molecule is CNCc1csc(C2CCCC2)c1. The molecule has 0 radical (unpaired) electrons. The molecular weight excluding hydrogens is 178 g/mol. The maximum atomic E-state index is 3.19. The average Bonchev–Trinajstić information content (AvgIpc) is 2.70. The van der Waals surface area contributed by atoms with Crippen molar-refractivity contribution in [3.63, 3.8) is 0 Å². The van der Waals surface area contributed by atoms with Crippen molar-refractivity contribution in [1.29, 1.82) is 0 Å². The topological polar surface area (TPSA) is 12.0 Å². The highest BCUT2D eigenvalue weighted by molar-refractivity contribution is 7.10. The minimum Gasteiger partial charge on any atom is -0.316 e. The highest BCUT2D eigenvalue weighted by Crippen LogP contribution is 2.37. The second-order valence-electron chi connectivity index (χ2n) is 3.87. The Morgan fingerprint density at radius 2 is 2.23 bits per heavy atom. The van der Waals surface area contributed by atoms with Crippen molar-refractivity contribution >= 4 is 11.3 Å². The lowest BCUT2D eigenvalue weighted by Crippen LogP contribution is -2.03. The minimum absolute atomic E-state index is 0.885. The van der Waals surface area contributed by atoms with E-state index in [1.165, 1.54) is 31.2 Å². The van der Waals surface area contributed by atoms with Gasteiger partial charge in [0.15, 0.2) is 0 Å². The Labute approximate surface area is 84.2 Å². The van der Waals surface area contributed by atoms with Crippen LogP contribution in [0, 0.1) is 0 Å². The van der Waals surface area contributed by atoms with Gasteiger partial charge in [-0.3, -0.25) is 0 Å². The molecule has 1 fully saturated rings. The summed E-state index contributed by atoms with van der Waals surface area (Å²) in [5, 5.41) is 5.49. The summed E-state index contributed by atoms with van der Waals surface area (Å²) in [6.07, 6.45) is 5.70. The van der Waals surface area contributed by atoms with E-state index in [1.54, 1.807) is 4.88 Å². The van der Waals surface area contributed by atoms with E-state index in [0.717, 1.165) is 12.5 Å². The zero-order valence-electron chi connectivity index (χ0n) is 8.18. The van der Waals surface area contributed by atoms with Crippen LogP contribution in [0.3, 0.4) is 0 Å². The van der Waals surface area contributed by atoms with E-state index in [0.29, 0.717) is 0 Å². The average molecular weight is 195 g/mol. The molecule has 1 aromatic heterocycles. The molecule has 0 bridgehead atoms. The maximum Gasteiger partial charge on any atom is 0.0210 e. The molecule has 0 aromatic carbocycles. The highest BCUT2D eigenvalue weighted by Gasteiger charge is 2.18. The van der Waals surface area contributed by atoms with E-state index in [9.17, 15) is 0 Å². The van der Waals surface area contributed by atoms with Crippen LogP contribution in [0.4, 0.5) is 0 Å². The monoisotopic (exact) mass is 195 g/mol. The van der Waals surface area contributed by atoms with Crippen molar-refractivity contribution in [1.82, 2.24) is 5.32 Å². The molecule has 0 aliphatic heterocycles. The smallest absolute Gasteiger partial charge is 0.0210 e. The van der Waals surface area contributed by atoms with Crippen molar-refractivity contribution in [3.8, 4) is 0 Å². The minimum atomic E-state index is 0.885. The van der Waals surface area contributed by atoms with Crippen LogP contribution in [0.1, 0.15) is 42.0 Å². The molecule has 2 heteroatoms. The first kappa shape index (κ1) is 9.22. The van der Waals surface area contributed by atoms with E-state index < -0.39 is 0 Å². The number of rotatable bonds is 3. The number of hydrogen-bond donors (Lipinski definition) is 1. The standard InChI is InChI=1S/C11H17NS/c1-12-7-9-6-11(13-8-9)10-4-2-3-5-10/h6,8,10,12H,2-5,7H2,1H3. The lowest BCUT2D eigenvalue weighted by atomic mass is 10.1. The fraction of sp³-hybridized carbons (Fsp3) is 0.636. The molecule has 0 saturated heterocycles. The van der Waals surface area contributed by atoms with Crippen LogP contribution >= 0.6 is 11.3 Å². The second kappa shape index (κ2) is 4.25. The molecule has 72 valence electrons. The van der Waals surface area contributed by atoms with Gasteiger partial charge in [0.2, 0.25) is 0 Å². The van der Waals surface area contributed by atoms with Crippen LogP contribution in [0.25, 0.3) is 0 Å². The first-order chi connectivity index (χ1) is 6.40. The molecule has 2 rings (SSSR count). The number of nitrogens with one attached hydrogen (secondary N) is 1. The maximum absolute atomic E-state index is 3.19. The van der Waals surface area contributed by atoms with Gasteiger partial charge in [-0.2, -0.15) is 0 Å². The summed E-state index contributed by atoms with van der Waals surface area (Å²) < 4.78 is 0. The Bertz CT molecular complexity index is 261. The Morgan fingerprint density at radius 1 is 1.46 bits per heavy atom. The Hall–Kier alpha value is -0.340. The molecule has 1 aliphatic rings. The third-order valence-electron chi connectivity index (χ3n) is 2.81. The van der Waals surface area contributed by atoms with Crippen molar-refractivity contribution < 1.29 is 0 Å². The van der Waals surface area contributed by atoms with Crippen molar-refractivity contribution in [3.05, 3.63) is 21.9 Å².